The van der Waals surface area contributed by atoms with Crippen LogP contribution in [-0.4, -0.2) is 23.0 Å². The Labute approximate surface area is 116 Å². The number of carbonyl (C=O) groups is 1. The van der Waals surface area contributed by atoms with Crippen LogP contribution in [0.4, 0.5) is 0 Å². The largest absolute Gasteiger partial charge is 0.409 e. The Bertz CT molecular complexity index is 490. The first-order valence-corrected chi connectivity index (χ1v) is 7.20. The lowest BCUT2D eigenvalue weighted by Crippen LogP contribution is -2.42. The van der Waals surface area contributed by atoms with E-state index in [1.807, 2.05) is 19.9 Å². The van der Waals surface area contributed by atoms with Crippen molar-refractivity contribution in [2.75, 3.05) is 0 Å². The zero-order chi connectivity index (χ0) is 14.0. The fourth-order valence-electron chi connectivity index (χ4n) is 2.49. The van der Waals surface area contributed by atoms with Crippen LogP contribution in [0.5, 0.6) is 0 Å². The van der Waals surface area contributed by atoms with Gasteiger partial charge in [0.15, 0.2) is 0 Å². The summed E-state index contributed by atoms with van der Waals surface area (Å²) >= 11 is 1.50. The lowest BCUT2D eigenvalue weighted by atomic mass is 10.0. The zero-order valence-corrected chi connectivity index (χ0v) is 12.0. The molecular formula is C13H19N3O2S. The third kappa shape index (κ3) is 2.89. The predicted octanol–water partition coefficient (Wildman–Crippen LogP) is 2.01. The molecule has 1 fully saturated rings. The summed E-state index contributed by atoms with van der Waals surface area (Å²) in [6, 6.07) is 1.87. The minimum atomic E-state index is -0.0659. The summed E-state index contributed by atoms with van der Waals surface area (Å²) in [6.07, 6.45) is 2.70. The highest BCUT2D eigenvalue weighted by atomic mass is 32.1. The quantitative estimate of drug-likeness (QED) is 0.343. The second kappa shape index (κ2) is 5.61. The lowest BCUT2D eigenvalue weighted by molar-refractivity contribution is 0.0937. The Morgan fingerprint density at radius 2 is 2.26 bits per heavy atom. The van der Waals surface area contributed by atoms with Crippen LogP contribution in [0.25, 0.3) is 0 Å². The summed E-state index contributed by atoms with van der Waals surface area (Å²) in [5, 5.41) is 14.8. The van der Waals surface area contributed by atoms with Crippen molar-refractivity contribution >= 4 is 23.1 Å². The zero-order valence-electron chi connectivity index (χ0n) is 11.1. The van der Waals surface area contributed by atoms with E-state index in [4.69, 9.17) is 10.9 Å². The number of nitrogens with one attached hydrogen (secondary N) is 1. The topological polar surface area (TPSA) is 87.7 Å². The van der Waals surface area contributed by atoms with E-state index < -0.39 is 0 Å². The molecule has 2 rings (SSSR count). The minimum Gasteiger partial charge on any atom is -0.409 e. The standard InChI is InChI=1S/C13H19N3O2S/c1-7-6-11(19-8(7)2)13(17)15-10-5-3-4-9(10)12(14)16-18/h6,9-10,18H,3-5H2,1-2H3,(H2,14,16)(H,15,17). The Balaban J connectivity index is 2.06. The molecule has 0 spiro atoms. The van der Waals surface area contributed by atoms with E-state index in [0.29, 0.717) is 0 Å². The normalized spacial score (nSPS) is 23.6. The van der Waals surface area contributed by atoms with E-state index in [2.05, 4.69) is 10.5 Å². The molecule has 1 aliphatic rings. The lowest BCUT2D eigenvalue weighted by Gasteiger charge is -2.19. The maximum atomic E-state index is 12.2. The molecule has 1 heterocycles. The van der Waals surface area contributed by atoms with Crippen molar-refractivity contribution < 1.29 is 10.0 Å². The maximum absolute atomic E-state index is 12.2. The number of amidine groups is 1. The predicted molar refractivity (Wildman–Crippen MR) is 75.8 cm³/mol. The van der Waals surface area contributed by atoms with Crippen molar-refractivity contribution in [2.45, 2.75) is 39.2 Å². The van der Waals surface area contributed by atoms with Gasteiger partial charge in [-0.15, -0.1) is 11.3 Å². The number of nitrogens with zero attached hydrogens (tertiary/aromatic N) is 1. The number of hydrogen-bond donors (Lipinski definition) is 3. The van der Waals surface area contributed by atoms with Crippen LogP contribution >= 0.6 is 11.3 Å². The molecule has 1 saturated carbocycles. The van der Waals surface area contributed by atoms with Crippen molar-refractivity contribution in [2.24, 2.45) is 16.8 Å². The van der Waals surface area contributed by atoms with Crippen molar-refractivity contribution in [1.82, 2.24) is 5.32 Å². The van der Waals surface area contributed by atoms with Crippen LogP contribution in [0, 0.1) is 19.8 Å². The first kappa shape index (κ1) is 13.9. The molecule has 1 aliphatic carbocycles. The van der Waals surface area contributed by atoms with Gasteiger partial charge in [0, 0.05) is 16.8 Å². The molecule has 104 valence electrons. The summed E-state index contributed by atoms with van der Waals surface area (Å²) in [4.78, 5) is 14.1. The monoisotopic (exact) mass is 281 g/mol. The van der Waals surface area contributed by atoms with Crippen molar-refractivity contribution in [1.29, 1.82) is 0 Å². The summed E-state index contributed by atoms with van der Waals surface area (Å²) in [5.74, 6) is 0.0845. The molecule has 0 saturated heterocycles. The van der Waals surface area contributed by atoms with E-state index in [0.717, 1.165) is 34.6 Å². The highest BCUT2D eigenvalue weighted by Crippen LogP contribution is 2.27. The molecule has 0 aromatic carbocycles. The van der Waals surface area contributed by atoms with Gasteiger partial charge in [0.2, 0.25) is 0 Å². The third-order valence-electron chi connectivity index (χ3n) is 3.72. The molecule has 1 aromatic heterocycles. The second-order valence-electron chi connectivity index (χ2n) is 4.99. The van der Waals surface area contributed by atoms with Gasteiger partial charge in [0.25, 0.3) is 5.91 Å². The highest BCUT2D eigenvalue weighted by molar-refractivity contribution is 7.14. The smallest absolute Gasteiger partial charge is 0.261 e. The first-order valence-electron chi connectivity index (χ1n) is 6.38. The molecule has 2 unspecified atom stereocenters. The van der Waals surface area contributed by atoms with Gasteiger partial charge in [-0.05, 0) is 38.3 Å². The summed E-state index contributed by atoms with van der Waals surface area (Å²) < 4.78 is 0. The highest BCUT2D eigenvalue weighted by Gasteiger charge is 2.32. The average Bonchev–Trinajstić information content (AvgIpc) is 2.96. The molecule has 5 nitrogen and oxygen atoms in total. The molecule has 0 aliphatic heterocycles. The Hall–Kier alpha value is -1.56. The molecule has 1 amide bonds. The Morgan fingerprint density at radius 3 is 2.84 bits per heavy atom. The number of rotatable bonds is 3. The number of hydrogen-bond acceptors (Lipinski definition) is 4. The Morgan fingerprint density at radius 1 is 1.53 bits per heavy atom. The van der Waals surface area contributed by atoms with Crippen molar-refractivity contribution in [3.63, 3.8) is 0 Å². The molecule has 0 bridgehead atoms. The van der Waals surface area contributed by atoms with Gasteiger partial charge in [-0.1, -0.05) is 11.6 Å². The average molecular weight is 281 g/mol. The number of nitrogens with two attached hydrogens (primary N) is 1. The molecular weight excluding hydrogens is 262 g/mol. The fraction of sp³-hybridized carbons (Fsp3) is 0.538. The van der Waals surface area contributed by atoms with Crippen LogP contribution in [-0.2, 0) is 0 Å². The van der Waals surface area contributed by atoms with Gasteiger partial charge >= 0.3 is 0 Å². The molecule has 6 heteroatoms. The summed E-state index contributed by atoms with van der Waals surface area (Å²) in [5.41, 5.74) is 6.80. The number of carbonyl (C=O) groups excluding carboxylic acids is 1. The van der Waals surface area contributed by atoms with Crippen LogP contribution < -0.4 is 11.1 Å². The maximum Gasteiger partial charge on any atom is 0.261 e. The number of amides is 1. The van der Waals surface area contributed by atoms with Crippen molar-refractivity contribution in [3.05, 3.63) is 21.4 Å². The van der Waals surface area contributed by atoms with Gasteiger partial charge in [0.1, 0.15) is 5.84 Å². The van der Waals surface area contributed by atoms with Crippen LogP contribution in [0.2, 0.25) is 0 Å². The molecule has 0 radical (unpaired) electrons. The fourth-order valence-corrected chi connectivity index (χ4v) is 3.42. The molecule has 4 N–H and O–H groups in total. The molecule has 1 aromatic rings. The van der Waals surface area contributed by atoms with Gasteiger partial charge in [0.05, 0.1) is 4.88 Å². The number of oxime groups is 1. The first-order chi connectivity index (χ1) is 9.02. The van der Waals surface area contributed by atoms with E-state index >= 15 is 0 Å². The van der Waals surface area contributed by atoms with E-state index in [-0.39, 0.29) is 23.7 Å². The van der Waals surface area contributed by atoms with Gasteiger partial charge in [-0.25, -0.2) is 0 Å². The molecule has 19 heavy (non-hydrogen) atoms. The third-order valence-corrected chi connectivity index (χ3v) is 4.87. The minimum absolute atomic E-state index is 0.0360. The van der Waals surface area contributed by atoms with E-state index in [1.54, 1.807) is 0 Å². The summed E-state index contributed by atoms with van der Waals surface area (Å²) in [7, 11) is 0. The van der Waals surface area contributed by atoms with Crippen molar-refractivity contribution in [3.8, 4) is 0 Å². The van der Waals surface area contributed by atoms with E-state index in [9.17, 15) is 4.79 Å². The number of aryl methyl sites for hydroxylation is 2. The Kier molecular flexibility index (Phi) is 4.09. The van der Waals surface area contributed by atoms with E-state index in [1.165, 1.54) is 11.3 Å². The number of thiophene rings is 1. The van der Waals surface area contributed by atoms with Crippen LogP contribution in [0.1, 0.15) is 39.4 Å². The van der Waals surface area contributed by atoms with Crippen LogP contribution in [0.3, 0.4) is 0 Å². The van der Waals surface area contributed by atoms with Crippen LogP contribution in [0.15, 0.2) is 11.2 Å². The van der Waals surface area contributed by atoms with Gasteiger partial charge in [-0.3, -0.25) is 4.79 Å². The molecule has 2 atom stereocenters. The van der Waals surface area contributed by atoms with Gasteiger partial charge < -0.3 is 16.3 Å². The summed E-state index contributed by atoms with van der Waals surface area (Å²) in [6.45, 7) is 4.00. The second-order valence-corrected chi connectivity index (χ2v) is 6.25. The van der Waals surface area contributed by atoms with Gasteiger partial charge in [-0.2, -0.15) is 0 Å². The SMILES string of the molecule is Cc1cc(C(=O)NC2CCCC2C(N)=NO)sc1C.